The van der Waals surface area contributed by atoms with Crippen molar-refractivity contribution in [3.63, 3.8) is 0 Å². The summed E-state index contributed by atoms with van der Waals surface area (Å²) in [4.78, 5) is 0. The highest BCUT2D eigenvalue weighted by Gasteiger charge is 2.32. The van der Waals surface area contributed by atoms with Crippen LogP contribution in [0, 0.1) is 0 Å². The average Bonchev–Trinajstić information content (AvgIpc) is 2.50. The van der Waals surface area contributed by atoms with Gasteiger partial charge in [0.1, 0.15) is 0 Å². The van der Waals surface area contributed by atoms with Gasteiger partial charge in [0.15, 0.2) is 0 Å². The Labute approximate surface area is 132 Å². The van der Waals surface area contributed by atoms with Gasteiger partial charge in [0.05, 0.1) is 11.7 Å². The van der Waals surface area contributed by atoms with Crippen molar-refractivity contribution >= 4 is 0 Å². The van der Waals surface area contributed by atoms with Crippen molar-refractivity contribution in [2.45, 2.75) is 115 Å². The van der Waals surface area contributed by atoms with E-state index in [-0.39, 0.29) is 5.60 Å². The van der Waals surface area contributed by atoms with Gasteiger partial charge in [-0.3, -0.25) is 0 Å². The monoisotopic (exact) mass is 298 g/mol. The summed E-state index contributed by atoms with van der Waals surface area (Å²) < 4.78 is 5.38. The lowest BCUT2D eigenvalue weighted by Crippen LogP contribution is -2.36. The van der Waals surface area contributed by atoms with E-state index in [9.17, 15) is 5.11 Å². The van der Waals surface area contributed by atoms with E-state index in [1.165, 1.54) is 64.2 Å². The topological polar surface area (TPSA) is 29.5 Å². The highest BCUT2D eigenvalue weighted by molar-refractivity contribution is 4.85. The van der Waals surface area contributed by atoms with E-state index in [2.05, 4.69) is 6.92 Å². The third kappa shape index (κ3) is 8.83. The molecule has 0 unspecified atom stereocenters. The van der Waals surface area contributed by atoms with Crippen molar-refractivity contribution < 1.29 is 9.84 Å². The van der Waals surface area contributed by atoms with Gasteiger partial charge < -0.3 is 9.84 Å². The Balaban J connectivity index is 1.90. The number of hydrogen-bond donors (Lipinski definition) is 1. The molecule has 21 heavy (non-hydrogen) atoms. The SMILES string of the molecule is CCCCCCCCCCCCC1(O)CCC(OC)CC1. The Morgan fingerprint density at radius 2 is 1.33 bits per heavy atom. The van der Waals surface area contributed by atoms with Crippen LogP contribution >= 0.6 is 0 Å². The van der Waals surface area contributed by atoms with Crippen LogP contribution in [0.4, 0.5) is 0 Å². The Bertz CT molecular complexity index is 232. The average molecular weight is 299 g/mol. The summed E-state index contributed by atoms with van der Waals surface area (Å²) in [5.41, 5.74) is -0.380. The van der Waals surface area contributed by atoms with E-state index >= 15 is 0 Å². The smallest absolute Gasteiger partial charge is 0.0649 e. The second-order valence-corrected chi connectivity index (χ2v) is 7.09. The molecule has 0 radical (unpaired) electrons. The van der Waals surface area contributed by atoms with E-state index in [0.29, 0.717) is 6.10 Å². The van der Waals surface area contributed by atoms with Crippen molar-refractivity contribution in [2.24, 2.45) is 0 Å². The fourth-order valence-corrected chi connectivity index (χ4v) is 3.56. The lowest BCUT2D eigenvalue weighted by atomic mass is 9.80. The molecule has 1 rings (SSSR count). The zero-order valence-corrected chi connectivity index (χ0v) is 14.5. The molecular formula is C19H38O2. The second-order valence-electron chi connectivity index (χ2n) is 7.09. The first kappa shape index (κ1) is 19.0. The molecule has 1 aliphatic carbocycles. The normalized spacial score (nSPS) is 26.1. The molecule has 1 aliphatic rings. The molecular weight excluding hydrogens is 260 g/mol. The van der Waals surface area contributed by atoms with Gasteiger partial charge >= 0.3 is 0 Å². The van der Waals surface area contributed by atoms with Gasteiger partial charge in [-0.25, -0.2) is 0 Å². The van der Waals surface area contributed by atoms with E-state index in [1.807, 2.05) is 0 Å². The fraction of sp³-hybridized carbons (Fsp3) is 1.00. The largest absolute Gasteiger partial charge is 0.390 e. The molecule has 1 fully saturated rings. The van der Waals surface area contributed by atoms with Crippen molar-refractivity contribution in [1.82, 2.24) is 0 Å². The molecule has 0 atom stereocenters. The first-order chi connectivity index (χ1) is 10.2. The van der Waals surface area contributed by atoms with Crippen LogP contribution in [0.5, 0.6) is 0 Å². The minimum absolute atomic E-state index is 0.380. The summed E-state index contributed by atoms with van der Waals surface area (Å²) in [7, 11) is 1.79. The molecule has 0 bridgehead atoms. The van der Waals surface area contributed by atoms with E-state index in [1.54, 1.807) is 7.11 Å². The predicted molar refractivity (Wildman–Crippen MR) is 90.7 cm³/mol. The summed E-state index contributed by atoms with van der Waals surface area (Å²) in [6.45, 7) is 2.27. The second kappa shape index (κ2) is 11.5. The van der Waals surface area contributed by atoms with E-state index in [4.69, 9.17) is 4.74 Å². The number of aliphatic hydroxyl groups is 1. The van der Waals surface area contributed by atoms with Crippen LogP contribution in [-0.2, 0) is 4.74 Å². The number of unbranched alkanes of at least 4 members (excludes halogenated alkanes) is 9. The number of rotatable bonds is 12. The Hall–Kier alpha value is -0.0800. The van der Waals surface area contributed by atoms with Gasteiger partial charge in [-0.2, -0.15) is 0 Å². The van der Waals surface area contributed by atoms with Crippen LogP contribution < -0.4 is 0 Å². The van der Waals surface area contributed by atoms with Crippen molar-refractivity contribution in [3.05, 3.63) is 0 Å². The lowest BCUT2D eigenvalue weighted by molar-refractivity contribution is -0.0493. The van der Waals surface area contributed by atoms with Gasteiger partial charge in [0.2, 0.25) is 0 Å². The van der Waals surface area contributed by atoms with Crippen molar-refractivity contribution in [2.75, 3.05) is 7.11 Å². The maximum absolute atomic E-state index is 10.6. The Morgan fingerprint density at radius 3 is 1.81 bits per heavy atom. The minimum atomic E-state index is -0.380. The first-order valence-electron chi connectivity index (χ1n) is 9.45. The van der Waals surface area contributed by atoms with Crippen molar-refractivity contribution in [3.8, 4) is 0 Å². The van der Waals surface area contributed by atoms with Gasteiger partial charge in [-0.1, -0.05) is 71.1 Å². The van der Waals surface area contributed by atoms with Gasteiger partial charge in [0, 0.05) is 7.11 Å². The Kier molecular flexibility index (Phi) is 10.4. The van der Waals surface area contributed by atoms with Crippen LogP contribution in [0.25, 0.3) is 0 Å². The molecule has 2 heteroatoms. The maximum atomic E-state index is 10.6. The van der Waals surface area contributed by atoms with E-state index < -0.39 is 0 Å². The van der Waals surface area contributed by atoms with Crippen LogP contribution in [0.3, 0.4) is 0 Å². The number of methoxy groups -OCH3 is 1. The molecule has 0 aromatic rings. The first-order valence-corrected chi connectivity index (χ1v) is 9.45. The summed E-state index contributed by atoms with van der Waals surface area (Å²) >= 11 is 0. The predicted octanol–water partition coefficient (Wildman–Crippen LogP) is 5.62. The molecule has 0 spiro atoms. The highest BCUT2D eigenvalue weighted by atomic mass is 16.5. The quantitative estimate of drug-likeness (QED) is 0.474. The van der Waals surface area contributed by atoms with Gasteiger partial charge in [-0.15, -0.1) is 0 Å². The highest BCUT2D eigenvalue weighted by Crippen LogP contribution is 2.33. The molecule has 0 aromatic carbocycles. The summed E-state index contributed by atoms with van der Waals surface area (Å²) in [6.07, 6.45) is 19.0. The zero-order chi connectivity index (χ0) is 15.4. The summed E-state index contributed by atoms with van der Waals surface area (Å²) in [6, 6.07) is 0. The molecule has 0 amide bonds. The molecule has 126 valence electrons. The van der Waals surface area contributed by atoms with Gasteiger partial charge in [-0.05, 0) is 32.1 Å². The summed E-state index contributed by atoms with van der Waals surface area (Å²) in [5, 5.41) is 10.6. The number of hydrogen-bond acceptors (Lipinski definition) is 2. The standard InChI is InChI=1S/C19H38O2/c1-3-4-5-6-7-8-9-10-11-12-15-19(20)16-13-18(21-2)14-17-19/h18,20H,3-17H2,1-2H3. The Morgan fingerprint density at radius 1 is 0.857 bits per heavy atom. The molecule has 0 saturated heterocycles. The summed E-state index contributed by atoms with van der Waals surface area (Å²) in [5.74, 6) is 0. The van der Waals surface area contributed by atoms with Crippen LogP contribution in [-0.4, -0.2) is 23.9 Å². The molecule has 1 N–H and O–H groups in total. The van der Waals surface area contributed by atoms with Crippen LogP contribution in [0.15, 0.2) is 0 Å². The molecule has 0 aliphatic heterocycles. The molecule has 2 nitrogen and oxygen atoms in total. The minimum Gasteiger partial charge on any atom is -0.390 e. The molecule has 0 heterocycles. The third-order valence-electron chi connectivity index (χ3n) is 5.19. The van der Waals surface area contributed by atoms with Crippen LogP contribution in [0.1, 0.15) is 103 Å². The maximum Gasteiger partial charge on any atom is 0.0649 e. The number of ether oxygens (including phenoxy) is 1. The third-order valence-corrected chi connectivity index (χ3v) is 5.19. The lowest BCUT2D eigenvalue weighted by Gasteiger charge is -2.35. The molecule has 0 aromatic heterocycles. The van der Waals surface area contributed by atoms with Crippen molar-refractivity contribution in [1.29, 1.82) is 0 Å². The van der Waals surface area contributed by atoms with E-state index in [0.717, 1.165) is 32.1 Å². The van der Waals surface area contributed by atoms with Crippen LogP contribution in [0.2, 0.25) is 0 Å². The van der Waals surface area contributed by atoms with Gasteiger partial charge in [0.25, 0.3) is 0 Å². The zero-order valence-electron chi connectivity index (χ0n) is 14.5. The fourth-order valence-electron chi connectivity index (χ4n) is 3.56. The molecule has 1 saturated carbocycles.